The molecule has 1 heterocycles. The first kappa shape index (κ1) is 11.3. The van der Waals surface area contributed by atoms with Crippen LogP contribution in [-0.2, 0) is 13.0 Å². The summed E-state index contributed by atoms with van der Waals surface area (Å²) in [6.45, 7) is 1.39. The Balaban J connectivity index is 2.20. The third-order valence-electron chi connectivity index (χ3n) is 2.53. The second kappa shape index (κ2) is 4.74. The van der Waals surface area contributed by atoms with Crippen molar-refractivity contribution in [3.63, 3.8) is 0 Å². The molecule has 5 heteroatoms. The van der Waals surface area contributed by atoms with Crippen molar-refractivity contribution >= 4 is 21.9 Å². The van der Waals surface area contributed by atoms with Crippen molar-refractivity contribution in [1.29, 1.82) is 0 Å². The number of nitrogens with zero attached hydrogens (tertiary/aromatic N) is 1. The normalized spacial score (nSPS) is 14.5. The number of benzene rings is 1. The Morgan fingerprint density at radius 1 is 1.62 bits per heavy atom. The predicted octanol–water partition coefficient (Wildman–Crippen LogP) is 1.42. The molecule has 0 radical (unpaired) electrons. The van der Waals surface area contributed by atoms with E-state index in [0.29, 0.717) is 12.5 Å². The first-order chi connectivity index (χ1) is 7.70. The number of fused-ring (bicyclic) bond motifs is 1. The highest BCUT2D eigenvalue weighted by Gasteiger charge is 2.17. The lowest BCUT2D eigenvalue weighted by atomic mass is 10.1. The summed E-state index contributed by atoms with van der Waals surface area (Å²) >= 11 is 3.50. The van der Waals surface area contributed by atoms with Crippen LogP contribution in [0.4, 0.5) is 0 Å². The van der Waals surface area contributed by atoms with Gasteiger partial charge in [-0.2, -0.15) is 0 Å². The fraction of sp³-hybridized carbons (Fsp3) is 0.364. The Kier molecular flexibility index (Phi) is 3.33. The van der Waals surface area contributed by atoms with Gasteiger partial charge in [0.05, 0.1) is 6.61 Å². The zero-order valence-electron chi connectivity index (χ0n) is 9.09. The number of guanidine groups is 1. The second-order valence-electron chi connectivity index (χ2n) is 3.61. The molecule has 1 aromatic rings. The van der Waals surface area contributed by atoms with Crippen molar-refractivity contribution < 1.29 is 4.74 Å². The first-order valence-electron chi connectivity index (χ1n) is 5.11. The monoisotopic (exact) mass is 283 g/mol. The fourth-order valence-electron chi connectivity index (χ4n) is 1.74. The Hall–Kier alpha value is -1.23. The van der Waals surface area contributed by atoms with E-state index >= 15 is 0 Å². The van der Waals surface area contributed by atoms with Crippen molar-refractivity contribution in [2.45, 2.75) is 13.0 Å². The minimum absolute atomic E-state index is 0.437. The molecule has 0 amide bonds. The van der Waals surface area contributed by atoms with Crippen LogP contribution in [0.3, 0.4) is 0 Å². The van der Waals surface area contributed by atoms with Crippen molar-refractivity contribution in [2.75, 3.05) is 13.7 Å². The second-order valence-corrected chi connectivity index (χ2v) is 4.53. The maximum absolute atomic E-state index is 5.61. The molecule has 0 saturated carbocycles. The van der Waals surface area contributed by atoms with Crippen molar-refractivity contribution in [3.8, 4) is 5.75 Å². The molecule has 0 bridgehead atoms. The fourth-order valence-corrected chi connectivity index (χ4v) is 2.29. The van der Waals surface area contributed by atoms with Gasteiger partial charge in [0.25, 0.3) is 0 Å². The molecule has 2 rings (SSSR count). The quantitative estimate of drug-likeness (QED) is 0.638. The number of rotatable bonds is 2. The van der Waals surface area contributed by atoms with Crippen molar-refractivity contribution in [1.82, 2.24) is 5.32 Å². The van der Waals surface area contributed by atoms with Gasteiger partial charge >= 0.3 is 0 Å². The smallest absolute Gasteiger partial charge is 0.188 e. The summed E-state index contributed by atoms with van der Waals surface area (Å²) in [6.07, 6.45) is 0.971. The number of nitrogens with two attached hydrogens (primary N) is 1. The van der Waals surface area contributed by atoms with Gasteiger partial charge in [-0.1, -0.05) is 15.9 Å². The molecule has 0 aromatic heterocycles. The van der Waals surface area contributed by atoms with E-state index in [1.54, 1.807) is 7.05 Å². The highest BCUT2D eigenvalue weighted by molar-refractivity contribution is 9.10. The summed E-state index contributed by atoms with van der Waals surface area (Å²) in [4.78, 5) is 3.85. The molecule has 3 N–H and O–H groups in total. The average molecular weight is 284 g/mol. The highest BCUT2D eigenvalue weighted by atomic mass is 79.9. The SMILES string of the molecule is CN=C(N)NCc1cc(Br)cc2c1OCC2. The van der Waals surface area contributed by atoms with Gasteiger partial charge in [0, 0.05) is 30.0 Å². The Bertz CT molecular complexity index is 431. The van der Waals surface area contributed by atoms with Gasteiger partial charge in [-0.05, 0) is 17.7 Å². The third-order valence-corrected chi connectivity index (χ3v) is 2.98. The molecule has 0 saturated heterocycles. The lowest BCUT2D eigenvalue weighted by Gasteiger charge is -2.10. The minimum atomic E-state index is 0.437. The van der Waals surface area contributed by atoms with Gasteiger partial charge in [-0.25, -0.2) is 0 Å². The number of halogens is 1. The van der Waals surface area contributed by atoms with E-state index < -0.39 is 0 Å². The summed E-state index contributed by atoms with van der Waals surface area (Å²) in [5.41, 5.74) is 7.94. The van der Waals surface area contributed by atoms with Crippen LogP contribution in [0.2, 0.25) is 0 Å². The molecule has 0 atom stereocenters. The summed E-state index contributed by atoms with van der Waals surface area (Å²) in [7, 11) is 1.66. The molecule has 0 fully saturated rings. The first-order valence-corrected chi connectivity index (χ1v) is 5.90. The molecule has 1 aliphatic heterocycles. The van der Waals surface area contributed by atoms with E-state index in [9.17, 15) is 0 Å². The van der Waals surface area contributed by atoms with Crippen LogP contribution in [0.5, 0.6) is 5.75 Å². The van der Waals surface area contributed by atoms with E-state index in [4.69, 9.17) is 10.5 Å². The molecule has 0 aliphatic carbocycles. The maximum Gasteiger partial charge on any atom is 0.188 e. The van der Waals surface area contributed by atoms with Crippen molar-refractivity contribution in [2.24, 2.45) is 10.7 Å². The molecule has 0 spiro atoms. The van der Waals surface area contributed by atoms with Crippen LogP contribution in [0.25, 0.3) is 0 Å². The summed E-state index contributed by atoms with van der Waals surface area (Å²) in [5.74, 6) is 1.42. The van der Waals surface area contributed by atoms with Gasteiger partial charge in [0.2, 0.25) is 0 Å². The topological polar surface area (TPSA) is 59.6 Å². The van der Waals surface area contributed by atoms with Crippen LogP contribution in [0.15, 0.2) is 21.6 Å². The zero-order valence-corrected chi connectivity index (χ0v) is 10.7. The molecule has 86 valence electrons. The summed E-state index contributed by atoms with van der Waals surface area (Å²) in [5, 5.41) is 3.03. The van der Waals surface area contributed by atoms with Crippen molar-refractivity contribution in [3.05, 3.63) is 27.7 Å². The van der Waals surface area contributed by atoms with E-state index in [2.05, 4.69) is 32.3 Å². The largest absolute Gasteiger partial charge is 0.493 e. The number of aliphatic imine (C=N–C) groups is 1. The van der Waals surface area contributed by atoms with Crippen LogP contribution in [-0.4, -0.2) is 19.6 Å². The molecular weight excluding hydrogens is 270 g/mol. The predicted molar refractivity (Wildman–Crippen MR) is 67.7 cm³/mol. The standard InChI is InChI=1S/C11H14BrN3O/c1-14-11(13)15-6-8-5-9(12)4-7-2-3-16-10(7)8/h4-5H,2-3,6H2,1H3,(H3,13,14,15). The number of hydrogen-bond donors (Lipinski definition) is 2. The number of nitrogens with one attached hydrogen (secondary N) is 1. The summed E-state index contributed by atoms with van der Waals surface area (Å²) in [6, 6.07) is 4.14. The van der Waals surface area contributed by atoms with E-state index in [-0.39, 0.29) is 0 Å². The van der Waals surface area contributed by atoms with Gasteiger partial charge in [-0.15, -0.1) is 0 Å². The third kappa shape index (κ3) is 2.29. The average Bonchev–Trinajstić information content (AvgIpc) is 2.73. The Morgan fingerprint density at radius 3 is 3.19 bits per heavy atom. The zero-order chi connectivity index (χ0) is 11.5. The molecular formula is C11H14BrN3O. The highest BCUT2D eigenvalue weighted by Crippen LogP contribution is 2.32. The van der Waals surface area contributed by atoms with Gasteiger partial charge in [-0.3, -0.25) is 4.99 Å². The van der Waals surface area contributed by atoms with Gasteiger partial charge in [0.15, 0.2) is 5.96 Å². The van der Waals surface area contributed by atoms with E-state index in [1.165, 1.54) is 5.56 Å². The van der Waals surface area contributed by atoms with Gasteiger partial charge in [0.1, 0.15) is 5.75 Å². The minimum Gasteiger partial charge on any atom is -0.493 e. The van der Waals surface area contributed by atoms with Crippen LogP contribution in [0, 0.1) is 0 Å². The van der Waals surface area contributed by atoms with Gasteiger partial charge < -0.3 is 15.8 Å². The molecule has 16 heavy (non-hydrogen) atoms. The maximum atomic E-state index is 5.61. The van der Waals surface area contributed by atoms with Crippen LogP contribution >= 0.6 is 15.9 Å². The number of ether oxygens (including phenoxy) is 1. The molecule has 4 nitrogen and oxygen atoms in total. The summed E-state index contributed by atoms with van der Waals surface area (Å²) < 4.78 is 6.68. The molecule has 1 aromatic carbocycles. The lowest BCUT2D eigenvalue weighted by molar-refractivity contribution is 0.353. The Labute approximate surface area is 103 Å². The Morgan fingerprint density at radius 2 is 2.44 bits per heavy atom. The van der Waals surface area contributed by atoms with E-state index in [0.717, 1.165) is 28.8 Å². The molecule has 0 unspecified atom stereocenters. The van der Waals surface area contributed by atoms with Crippen LogP contribution in [0.1, 0.15) is 11.1 Å². The number of hydrogen-bond acceptors (Lipinski definition) is 2. The van der Waals surface area contributed by atoms with Crippen LogP contribution < -0.4 is 15.8 Å². The van der Waals surface area contributed by atoms with E-state index in [1.807, 2.05) is 6.07 Å². The molecule has 1 aliphatic rings. The lowest BCUT2D eigenvalue weighted by Crippen LogP contribution is -2.30.